The number of unbranched alkanes of at least 4 members (excludes halogenated alkanes) is 2. The molecular weight excluding hydrogens is 396 g/mol. The zero-order valence-electron chi connectivity index (χ0n) is 13.3. The van der Waals surface area contributed by atoms with Gasteiger partial charge in [-0.1, -0.05) is 31.9 Å². The van der Waals surface area contributed by atoms with Gasteiger partial charge in [0.05, 0.1) is 13.2 Å². The molecule has 1 aromatic rings. The van der Waals surface area contributed by atoms with Crippen molar-refractivity contribution in [2.45, 2.75) is 46.5 Å². The molecule has 0 aliphatic heterocycles. The standard InChI is InChI=1S/C17H26Br2O2/c1-13-12-16(20-10-6-4-8-18)14(2)15(3)17(13)21-11-7-5-9-19/h12H,4-11H2,1-3H3. The van der Waals surface area contributed by atoms with Gasteiger partial charge in [0.25, 0.3) is 0 Å². The van der Waals surface area contributed by atoms with E-state index in [0.29, 0.717) is 0 Å². The molecule has 0 amide bonds. The van der Waals surface area contributed by atoms with Crippen LogP contribution in [0.1, 0.15) is 42.4 Å². The summed E-state index contributed by atoms with van der Waals surface area (Å²) in [5, 5.41) is 2.07. The molecule has 0 aliphatic carbocycles. The maximum absolute atomic E-state index is 5.97. The molecule has 0 spiro atoms. The molecule has 0 aromatic heterocycles. The number of aryl methyl sites for hydroxylation is 1. The molecule has 2 nitrogen and oxygen atoms in total. The fourth-order valence-corrected chi connectivity index (χ4v) is 2.94. The predicted molar refractivity (Wildman–Crippen MR) is 97.7 cm³/mol. The largest absolute Gasteiger partial charge is 0.493 e. The van der Waals surface area contributed by atoms with Crippen LogP contribution < -0.4 is 9.47 Å². The Morgan fingerprint density at radius 1 is 0.810 bits per heavy atom. The van der Waals surface area contributed by atoms with Crippen molar-refractivity contribution >= 4 is 31.9 Å². The summed E-state index contributed by atoms with van der Waals surface area (Å²) in [5.41, 5.74) is 3.55. The van der Waals surface area contributed by atoms with Crippen LogP contribution in [0, 0.1) is 20.8 Å². The molecule has 0 aliphatic rings. The van der Waals surface area contributed by atoms with E-state index in [2.05, 4.69) is 58.7 Å². The highest BCUT2D eigenvalue weighted by molar-refractivity contribution is 9.09. The van der Waals surface area contributed by atoms with Crippen molar-refractivity contribution in [1.82, 2.24) is 0 Å². The summed E-state index contributed by atoms with van der Waals surface area (Å²) in [6, 6.07) is 2.11. The van der Waals surface area contributed by atoms with Crippen molar-refractivity contribution in [1.29, 1.82) is 0 Å². The van der Waals surface area contributed by atoms with E-state index in [1.807, 2.05) is 0 Å². The van der Waals surface area contributed by atoms with E-state index in [4.69, 9.17) is 9.47 Å². The summed E-state index contributed by atoms with van der Waals surface area (Å²) < 4.78 is 11.9. The lowest BCUT2D eigenvalue weighted by Gasteiger charge is -2.18. The average molecular weight is 422 g/mol. The molecule has 1 aromatic carbocycles. The summed E-state index contributed by atoms with van der Waals surface area (Å²) in [7, 11) is 0. The van der Waals surface area contributed by atoms with Crippen LogP contribution >= 0.6 is 31.9 Å². The lowest BCUT2D eigenvalue weighted by molar-refractivity contribution is 0.296. The topological polar surface area (TPSA) is 18.5 Å². The second kappa shape index (κ2) is 10.5. The maximum Gasteiger partial charge on any atom is 0.125 e. The third kappa shape index (κ3) is 6.19. The highest BCUT2D eigenvalue weighted by Gasteiger charge is 2.12. The van der Waals surface area contributed by atoms with Gasteiger partial charge in [-0.25, -0.2) is 0 Å². The minimum atomic E-state index is 0.775. The van der Waals surface area contributed by atoms with Crippen molar-refractivity contribution in [3.05, 3.63) is 22.8 Å². The Morgan fingerprint density at radius 2 is 1.38 bits per heavy atom. The summed E-state index contributed by atoms with van der Waals surface area (Å²) >= 11 is 6.89. The molecule has 1 rings (SSSR count). The molecule has 120 valence electrons. The lowest BCUT2D eigenvalue weighted by atomic mass is 10.0. The number of rotatable bonds is 10. The SMILES string of the molecule is Cc1cc(OCCCCBr)c(C)c(C)c1OCCCCBr. The second-order valence-corrected chi connectivity index (χ2v) is 6.85. The fourth-order valence-electron chi connectivity index (χ4n) is 2.14. The van der Waals surface area contributed by atoms with E-state index in [1.165, 1.54) is 11.1 Å². The highest BCUT2D eigenvalue weighted by atomic mass is 79.9. The number of hydrogen-bond acceptors (Lipinski definition) is 2. The van der Waals surface area contributed by atoms with Crippen LogP contribution in [-0.2, 0) is 0 Å². The third-order valence-corrected chi connectivity index (χ3v) is 4.66. The van der Waals surface area contributed by atoms with Gasteiger partial charge in [-0.2, -0.15) is 0 Å². The molecule has 0 saturated carbocycles. The van der Waals surface area contributed by atoms with E-state index in [0.717, 1.165) is 66.6 Å². The quantitative estimate of drug-likeness (QED) is 0.355. The highest BCUT2D eigenvalue weighted by Crippen LogP contribution is 2.33. The van der Waals surface area contributed by atoms with Gasteiger partial charge < -0.3 is 9.47 Å². The maximum atomic E-state index is 5.97. The fraction of sp³-hybridized carbons (Fsp3) is 0.647. The van der Waals surface area contributed by atoms with Crippen molar-refractivity contribution in [3.8, 4) is 11.5 Å². The van der Waals surface area contributed by atoms with Crippen LogP contribution in [0.2, 0.25) is 0 Å². The van der Waals surface area contributed by atoms with Crippen LogP contribution in [0.15, 0.2) is 6.07 Å². The van der Waals surface area contributed by atoms with Gasteiger partial charge in [0.15, 0.2) is 0 Å². The van der Waals surface area contributed by atoms with Crippen LogP contribution in [0.4, 0.5) is 0 Å². The first kappa shape index (κ1) is 18.8. The minimum absolute atomic E-state index is 0.775. The van der Waals surface area contributed by atoms with Crippen molar-refractivity contribution in [2.75, 3.05) is 23.9 Å². The molecule has 21 heavy (non-hydrogen) atoms. The third-order valence-electron chi connectivity index (χ3n) is 3.54. The Labute approximate surface area is 145 Å². The monoisotopic (exact) mass is 420 g/mol. The van der Waals surface area contributed by atoms with Crippen molar-refractivity contribution in [2.24, 2.45) is 0 Å². The zero-order valence-corrected chi connectivity index (χ0v) is 16.5. The number of alkyl halides is 2. The Balaban J connectivity index is 2.68. The van der Waals surface area contributed by atoms with Gasteiger partial charge in [-0.15, -0.1) is 0 Å². The van der Waals surface area contributed by atoms with Gasteiger partial charge in [0.2, 0.25) is 0 Å². The zero-order chi connectivity index (χ0) is 15.7. The van der Waals surface area contributed by atoms with E-state index in [-0.39, 0.29) is 0 Å². The van der Waals surface area contributed by atoms with Gasteiger partial charge >= 0.3 is 0 Å². The first-order chi connectivity index (χ1) is 10.1. The van der Waals surface area contributed by atoms with Gasteiger partial charge in [0.1, 0.15) is 11.5 Å². The molecule has 0 fully saturated rings. The molecule has 0 unspecified atom stereocenters. The Kier molecular flexibility index (Phi) is 9.41. The molecule has 0 bridgehead atoms. The molecule has 4 heteroatoms. The average Bonchev–Trinajstić information content (AvgIpc) is 2.47. The first-order valence-electron chi connectivity index (χ1n) is 7.60. The normalized spacial score (nSPS) is 10.7. The Bertz CT molecular complexity index is 433. The first-order valence-corrected chi connectivity index (χ1v) is 9.84. The molecular formula is C17H26Br2O2. The minimum Gasteiger partial charge on any atom is -0.493 e. The number of halogens is 2. The van der Waals surface area contributed by atoms with Gasteiger partial charge in [-0.3, -0.25) is 0 Å². The van der Waals surface area contributed by atoms with Gasteiger partial charge in [-0.05, 0) is 69.2 Å². The summed E-state index contributed by atoms with van der Waals surface area (Å²) in [6.07, 6.45) is 4.44. The van der Waals surface area contributed by atoms with Crippen LogP contribution in [0.3, 0.4) is 0 Å². The van der Waals surface area contributed by atoms with Crippen LogP contribution in [0.5, 0.6) is 11.5 Å². The summed E-state index contributed by atoms with van der Waals surface area (Å²) in [4.78, 5) is 0. The summed E-state index contributed by atoms with van der Waals surface area (Å²) in [5.74, 6) is 2.02. The molecule has 0 radical (unpaired) electrons. The lowest BCUT2D eigenvalue weighted by Crippen LogP contribution is -2.05. The molecule has 0 atom stereocenters. The van der Waals surface area contributed by atoms with E-state index >= 15 is 0 Å². The van der Waals surface area contributed by atoms with E-state index in [1.54, 1.807) is 0 Å². The molecule has 0 saturated heterocycles. The van der Waals surface area contributed by atoms with Crippen LogP contribution in [0.25, 0.3) is 0 Å². The number of hydrogen-bond donors (Lipinski definition) is 0. The van der Waals surface area contributed by atoms with E-state index in [9.17, 15) is 0 Å². The van der Waals surface area contributed by atoms with Crippen LogP contribution in [-0.4, -0.2) is 23.9 Å². The number of benzene rings is 1. The predicted octanol–water partition coefficient (Wildman–Crippen LogP) is 5.72. The Hall–Kier alpha value is -0.220. The smallest absolute Gasteiger partial charge is 0.125 e. The second-order valence-electron chi connectivity index (χ2n) is 5.26. The van der Waals surface area contributed by atoms with E-state index < -0.39 is 0 Å². The van der Waals surface area contributed by atoms with Crippen molar-refractivity contribution in [3.63, 3.8) is 0 Å². The van der Waals surface area contributed by atoms with Crippen molar-refractivity contribution < 1.29 is 9.47 Å². The molecule has 0 N–H and O–H groups in total. The number of ether oxygens (including phenoxy) is 2. The van der Waals surface area contributed by atoms with Gasteiger partial charge in [0, 0.05) is 10.7 Å². The Morgan fingerprint density at radius 3 is 1.95 bits per heavy atom. The molecule has 0 heterocycles. The summed E-state index contributed by atoms with van der Waals surface area (Å²) in [6.45, 7) is 7.87.